The average Bonchev–Trinajstić information content (AvgIpc) is 2.82. The van der Waals surface area contributed by atoms with E-state index in [1.165, 1.54) is 17.0 Å². The normalized spacial score (nSPS) is 10.5. The van der Waals surface area contributed by atoms with Gasteiger partial charge in [-0.15, -0.1) is 0 Å². The van der Waals surface area contributed by atoms with Crippen molar-refractivity contribution < 1.29 is 9.59 Å². The summed E-state index contributed by atoms with van der Waals surface area (Å²) in [6, 6.07) is 2.98. The maximum atomic E-state index is 12.3. The van der Waals surface area contributed by atoms with E-state index in [0.29, 0.717) is 27.1 Å². The highest BCUT2D eigenvalue weighted by Gasteiger charge is 2.18. The Balaban J connectivity index is 2.15. The zero-order chi connectivity index (χ0) is 18.0. The number of carbonyl (C=O) groups is 2. The van der Waals surface area contributed by atoms with Gasteiger partial charge in [-0.25, -0.2) is 4.98 Å². The molecule has 2 amide bonds. The molecule has 0 aromatic carbocycles. The van der Waals surface area contributed by atoms with Crippen LogP contribution in [0.4, 0.5) is 5.13 Å². The molecule has 0 aliphatic rings. The Labute approximate surface area is 143 Å². The largest absolute Gasteiger partial charge is 0.344 e. The molecule has 2 heterocycles. The van der Waals surface area contributed by atoms with Crippen LogP contribution in [-0.2, 0) is 11.3 Å². The Kier molecular flexibility index (Phi) is 5.18. The lowest BCUT2D eigenvalue weighted by Crippen LogP contribution is -2.23. The van der Waals surface area contributed by atoms with Crippen LogP contribution in [0.15, 0.2) is 16.9 Å². The van der Waals surface area contributed by atoms with Crippen molar-refractivity contribution in [3.05, 3.63) is 44.3 Å². The van der Waals surface area contributed by atoms with Crippen molar-refractivity contribution in [1.82, 2.24) is 14.5 Å². The van der Waals surface area contributed by atoms with Crippen molar-refractivity contribution >= 4 is 28.3 Å². The van der Waals surface area contributed by atoms with E-state index in [4.69, 9.17) is 0 Å². The summed E-state index contributed by atoms with van der Waals surface area (Å²) in [5.74, 6) is -0.403. The third kappa shape index (κ3) is 3.88. The zero-order valence-electron chi connectivity index (χ0n) is 14.3. The van der Waals surface area contributed by atoms with Gasteiger partial charge in [0.25, 0.3) is 5.91 Å². The lowest BCUT2D eigenvalue weighted by molar-refractivity contribution is -0.116. The maximum absolute atomic E-state index is 12.3. The first-order chi connectivity index (χ1) is 11.2. The highest BCUT2D eigenvalue weighted by Crippen LogP contribution is 2.23. The molecule has 0 aliphatic heterocycles. The Morgan fingerprint density at radius 3 is 2.33 bits per heavy atom. The highest BCUT2D eigenvalue weighted by molar-refractivity contribution is 7.17. The number of anilines is 1. The number of nitrogens with zero attached hydrogens (tertiary/aromatic N) is 3. The molecular formula is C16H20N4O3S. The number of hydrogen-bond donors (Lipinski definition) is 1. The maximum Gasteiger partial charge on any atom is 0.265 e. The minimum absolute atomic E-state index is 0.0769. The van der Waals surface area contributed by atoms with Crippen molar-refractivity contribution in [2.45, 2.75) is 27.3 Å². The van der Waals surface area contributed by atoms with E-state index in [0.717, 1.165) is 11.3 Å². The summed E-state index contributed by atoms with van der Waals surface area (Å²) in [7, 11) is 3.34. The van der Waals surface area contributed by atoms with Gasteiger partial charge in [-0.05, 0) is 20.8 Å². The van der Waals surface area contributed by atoms with Crippen LogP contribution in [-0.4, -0.2) is 40.4 Å². The van der Waals surface area contributed by atoms with Crippen LogP contribution in [0.5, 0.6) is 0 Å². The molecule has 0 saturated carbocycles. The third-order valence-corrected chi connectivity index (χ3v) is 4.56. The second-order valence-electron chi connectivity index (χ2n) is 5.74. The predicted molar refractivity (Wildman–Crippen MR) is 93.7 cm³/mol. The van der Waals surface area contributed by atoms with Crippen molar-refractivity contribution in [3.63, 3.8) is 0 Å². The number of pyridine rings is 1. The fourth-order valence-corrected chi connectivity index (χ4v) is 3.29. The van der Waals surface area contributed by atoms with E-state index in [1.807, 2.05) is 0 Å². The summed E-state index contributed by atoms with van der Waals surface area (Å²) in [4.78, 5) is 41.9. The first kappa shape index (κ1) is 17.9. The molecule has 2 aromatic heterocycles. The molecular weight excluding hydrogens is 328 g/mol. The summed E-state index contributed by atoms with van der Waals surface area (Å²) in [5, 5.41) is 3.10. The SMILES string of the molecule is Cc1nc(NC(=O)Cn2c(C)cc(=O)cc2C)sc1C(=O)N(C)C. The molecule has 7 nitrogen and oxygen atoms in total. The first-order valence-corrected chi connectivity index (χ1v) is 8.17. The molecule has 24 heavy (non-hydrogen) atoms. The minimum Gasteiger partial charge on any atom is -0.344 e. The van der Waals surface area contributed by atoms with Crippen LogP contribution >= 0.6 is 11.3 Å². The first-order valence-electron chi connectivity index (χ1n) is 7.36. The fourth-order valence-electron chi connectivity index (χ4n) is 2.29. The van der Waals surface area contributed by atoms with Gasteiger partial charge in [0.2, 0.25) is 5.91 Å². The molecule has 2 rings (SSSR count). The molecule has 128 valence electrons. The number of amides is 2. The summed E-state index contributed by atoms with van der Waals surface area (Å²) >= 11 is 1.15. The van der Waals surface area contributed by atoms with Crippen LogP contribution in [0.25, 0.3) is 0 Å². The minimum atomic E-state index is -0.262. The molecule has 1 N–H and O–H groups in total. The number of thiazole rings is 1. The molecule has 0 unspecified atom stereocenters. The van der Waals surface area contributed by atoms with Crippen molar-refractivity contribution in [2.75, 3.05) is 19.4 Å². The van der Waals surface area contributed by atoms with Gasteiger partial charge in [0.05, 0.1) is 5.69 Å². The highest BCUT2D eigenvalue weighted by atomic mass is 32.1. The van der Waals surface area contributed by atoms with Gasteiger partial charge in [-0.1, -0.05) is 11.3 Å². The zero-order valence-corrected chi connectivity index (χ0v) is 15.2. The van der Waals surface area contributed by atoms with E-state index in [9.17, 15) is 14.4 Å². The van der Waals surface area contributed by atoms with Crippen molar-refractivity contribution in [2.24, 2.45) is 0 Å². The number of nitrogens with one attached hydrogen (secondary N) is 1. The van der Waals surface area contributed by atoms with Crippen LogP contribution in [0.1, 0.15) is 26.8 Å². The molecule has 0 saturated heterocycles. The van der Waals surface area contributed by atoms with Gasteiger partial charge in [0.15, 0.2) is 10.6 Å². The van der Waals surface area contributed by atoms with Gasteiger partial charge < -0.3 is 14.8 Å². The van der Waals surface area contributed by atoms with Crippen LogP contribution in [0, 0.1) is 20.8 Å². The third-order valence-electron chi connectivity index (χ3n) is 3.50. The van der Waals surface area contributed by atoms with Gasteiger partial charge in [-0.3, -0.25) is 14.4 Å². The van der Waals surface area contributed by atoms with Crippen molar-refractivity contribution in [3.8, 4) is 0 Å². The standard InChI is InChI=1S/C16H20N4O3S/c1-9-6-12(21)7-10(2)20(9)8-13(22)18-16-17-11(3)14(24-16)15(23)19(4)5/h6-7H,8H2,1-5H3,(H,17,18,22). The molecule has 0 radical (unpaired) electrons. The summed E-state index contributed by atoms with van der Waals surface area (Å²) < 4.78 is 1.75. The van der Waals surface area contributed by atoms with E-state index in [1.54, 1.807) is 39.4 Å². The topological polar surface area (TPSA) is 84.3 Å². The molecule has 0 atom stereocenters. The van der Waals surface area contributed by atoms with Crippen LogP contribution in [0.2, 0.25) is 0 Å². The van der Waals surface area contributed by atoms with E-state index in [2.05, 4.69) is 10.3 Å². The van der Waals surface area contributed by atoms with Crippen LogP contribution in [0.3, 0.4) is 0 Å². The number of aryl methyl sites for hydroxylation is 3. The average molecular weight is 348 g/mol. The van der Waals surface area contributed by atoms with E-state index in [-0.39, 0.29) is 23.8 Å². The van der Waals surface area contributed by atoms with Crippen molar-refractivity contribution in [1.29, 1.82) is 0 Å². The molecule has 2 aromatic rings. The van der Waals surface area contributed by atoms with E-state index < -0.39 is 0 Å². The van der Waals surface area contributed by atoms with Gasteiger partial charge in [-0.2, -0.15) is 0 Å². The second-order valence-corrected chi connectivity index (χ2v) is 6.74. The lowest BCUT2D eigenvalue weighted by atomic mass is 10.3. The van der Waals surface area contributed by atoms with Gasteiger partial charge in [0.1, 0.15) is 11.4 Å². The molecule has 0 fully saturated rings. The quantitative estimate of drug-likeness (QED) is 0.909. The predicted octanol–water partition coefficient (Wildman–Crippen LogP) is 1.57. The number of hydrogen-bond acceptors (Lipinski definition) is 5. The summed E-state index contributed by atoms with van der Waals surface area (Å²) in [5.41, 5.74) is 1.94. The Hall–Kier alpha value is -2.48. The smallest absolute Gasteiger partial charge is 0.265 e. The van der Waals surface area contributed by atoms with E-state index >= 15 is 0 Å². The molecule has 0 aliphatic carbocycles. The molecule has 0 spiro atoms. The Morgan fingerprint density at radius 2 is 1.79 bits per heavy atom. The number of rotatable bonds is 4. The molecule has 8 heteroatoms. The summed E-state index contributed by atoms with van der Waals surface area (Å²) in [6.07, 6.45) is 0. The summed E-state index contributed by atoms with van der Waals surface area (Å²) in [6.45, 7) is 5.37. The Morgan fingerprint density at radius 1 is 1.21 bits per heavy atom. The monoisotopic (exact) mass is 348 g/mol. The lowest BCUT2D eigenvalue weighted by Gasteiger charge is -2.13. The number of aromatic nitrogens is 2. The van der Waals surface area contributed by atoms with Crippen LogP contribution < -0.4 is 10.7 Å². The molecule has 0 bridgehead atoms. The number of carbonyl (C=O) groups excluding carboxylic acids is 2. The van der Waals surface area contributed by atoms with Gasteiger partial charge >= 0.3 is 0 Å². The second kappa shape index (κ2) is 6.96. The fraction of sp³-hybridized carbons (Fsp3) is 0.375. The Bertz CT molecular complexity index is 825. The van der Waals surface area contributed by atoms with Gasteiger partial charge in [0, 0.05) is 37.6 Å².